The highest BCUT2D eigenvalue weighted by Crippen LogP contribution is 2.28. The zero-order chi connectivity index (χ0) is 29.5. The molecule has 0 aliphatic rings. The van der Waals surface area contributed by atoms with Crippen LogP contribution in [0.5, 0.6) is 0 Å². The molecule has 5 rings (SSSR count). The molecule has 0 bridgehead atoms. The number of benzene rings is 4. The lowest BCUT2D eigenvalue weighted by molar-refractivity contribution is -0.114. The topological polar surface area (TPSA) is 100 Å². The van der Waals surface area contributed by atoms with E-state index in [0.717, 1.165) is 15.1 Å². The summed E-state index contributed by atoms with van der Waals surface area (Å²) in [6.45, 7) is 0. The molecule has 4 aromatic carbocycles. The summed E-state index contributed by atoms with van der Waals surface area (Å²) >= 11 is 15.3. The van der Waals surface area contributed by atoms with E-state index >= 15 is 0 Å². The average molecular weight is 634 g/mol. The van der Waals surface area contributed by atoms with Crippen LogP contribution in [-0.2, 0) is 9.59 Å². The number of amides is 3. The van der Waals surface area contributed by atoms with Crippen LogP contribution in [0.3, 0.4) is 0 Å². The zero-order valence-electron chi connectivity index (χ0n) is 21.8. The Labute approximate surface area is 260 Å². The van der Waals surface area contributed by atoms with Gasteiger partial charge >= 0.3 is 0 Å². The second kappa shape index (κ2) is 13.7. The van der Waals surface area contributed by atoms with Crippen molar-refractivity contribution in [3.05, 3.63) is 124 Å². The van der Waals surface area contributed by atoms with E-state index in [1.54, 1.807) is 72.8 Å². The van der Waals surface area contributed by atoms with Gasteiger partial charge in [-0.3, -0.25) is 14.4 Å². The maximum absolute atomic E-state index is 13.3. The van der Waals surface area contributed by atoms with Gasteiger partial charge < -0.3 is 16.0 Å². The van der Waals surface area contributed by atoms with E-state index in [1.165, 1.54) is 29.2 Å². The van der Waals surface area contributed by atoms with Crippen LogP contribution in [0.1, 0.15) is 15.9 Å². The van der Waals surface area contributed by atoms with Crippen molar-refractivity contribution in [1.82, 2.24) is 10.3 Å². The van der Waals surface area contributed by atoms with Crippen LogP contribution < -0.4 is 16.0 Å². The van der Waals surface area contributed by atoms with Crippen LogP contribution in [0.2, 0.25) is 10.0 Å². The molecule has 1 heterocycles. The number of carbonyl (C=O) groups excluding carboxylic acids is 3. The van der Waals surface area contributed by atoms with Gasteiger partial charge in [-0.15, -0.1) is 11.8 Å². The van der Waals surface area contributed by atoms with Gasteiger partial charge in [-0.2, -0.15) is 0 Å². The number of anilines is 2. The van der Waals surface area contributed by atoms with Gasteiger partial charge in [0.2, 0.25) is 5.91 Å². The molecule has 0 saturated heterocycles. The SMILES string of the molecule is O=C(CSc1ccc(NC(=O)/C(=C/c2cccc(Cl)c2Cl)NC(=O)c2ccccc2)cc1)Nc1nc2ccccc2s1. The fourth-order valence-electron chi connectivity index (χ4n) is 3.79. The van der Waals surface area contributed by atoms with Crippen LogP contribution >= 0.6 is 46.3 Å². The van der Waals surface area contributed by atoms with Gasteiger partial charge in [0.05, 0.1) is 26.0 Å². The zero-order valence-corrected chi connectivity index (χ0v) is 24.9. The fourth-order valence-corrected chi connectivity index (χ4v) is 5.74. The van der Waals surface area contributed by atoms with E-state index < -0.39 is 11.8 Å². The highest BCUT2D eigenvalue weighted by molar-refractivity contribution is 8.00. The Morgan fingerprint density at radius 3 is 2.33 bits per heavy atom. The lowest BCUT2D eigenvalue weighted by atomic mass is 10.1. The molecule has 0 fully saturated rings. The summed E-state index contributed by atoms with van der Waals surface area (Å²) in [5, 5.41) is 9.45. The van der Waals surface area contributed by atoms with Gasteiger partial charge in [0, 0.05) is 16.1 Å². The molecule has 0 spiro atoms. The number of thioether (sulfide) groups is 1. The molecule has 0 atom stereocenters. The number of thiazole rings is 1. The Hall–Kier alpha value is -4.15. The fraction of sp³-hybridized carbons (Fsp3) is 0.0323. The molecule has 5 aromatic rings. The summed E-state index contributed by atoms with van der Waals surface area (Å²) < 4.78 is 1.01. The monoisotopic (exact) mass is 632 g/mol. The Kier molecular flexibility index (Phi) is 9.55. The van der Waals surface area contributed by atoms with Gasteiger partial charge in [0.25, 0.3) is 11.8 Å². The van der Waals surface area contributed by atoms with E-state index in [9.17, 15) is 14.4 Å². The number of hydrogen-bond acceptors (Lipinski definition) is 6. The first-order valence-electron chi connectivity index (χ1n) is 12.6. The number of nitrogens with one attached hydrogen (secondary N) is 3. The Balaban J connectivity index is 1.23. The lowest BCUT2D eigenvalue weighted by Crippen LogP contribution is -2.30. The highest BCUT2D eigenvalue weighted by Gasteiger charge is 2.16. The molecule has 42 heavy (non-hydrogen) atoms. The maximum atomic E-state index is 13.3. The molecule has 11 heteroatoms. The van der Waals surface area contributed by atoms with Gasteiger partial charge in [0.1, 0.15) is 5.70 Å². The number of nitrogens with zero attached hydrogens (tertiary/aromatic N) is 1. The van der Waals surface area contributed by atoms with Crippen LogP contribution in [0, 0.1) is 0 Å². The Morgan fingerprint density at radius 1 is 0.833 bits per heavy atom. The standard InChI is InChI=1S/C31H22Cl2N4O3S2/c32-23-10-6-9-20(28(23)33)17-25(35-29(39)19-7-2-1-3-8-19)30(40)34-21-13-15-22(16-14-21)41-18-27(38)37-31-36-24-11-4-5-12-26(24)42-31/h1-17H,18H2,(H,34,40)(H,35,39)(H,36,37,38)/b25-17-. The minimum atomic E-state index is -0.550. The molecule has 7 nitrogen and oxygen atoms in total. The number of fused-ring (bicyclic) bond motifs is 1. The number of rotatable bonds is 9. The summed E-state index contributed by atoms with van der Waals surface area (Å²) in [6, 6.07) is 28.3. The minimum absolute atomic E-state index is 0.0158. The number of carbonyl (C=O) groups is 3. The van der Waals surface area contributed by atoms with Gasteiger partial charge in [-0.25, -0.2) is 4.98 Å². The molecule has 0 aliphatic heterocycles. The smallest absolute Gasteiger partial charge is 0.272 e. The van der Waals surface area contributed by atoms with Crippen LogP contribution in [0.15, 0.2) is 108 Å². The predicted octanol–water partition coefficient (Wildman–Crippen LogP) is 7.74. The van der Waals surface area contributed by atoms with Crippen LogP contribution in [-0.4, -0.2) is 28.5 Å². The van der Waals surface area contributed by atoms with Crippen molar-refractivity contribution in [2.24, 2.45) is 0 Å². The summed E-state index contributed by atoms with van der Waals surface area (Å²) in [7, 11) is 0. The predicted molar refractivity (Wildman–Crippen MR) is 172 cm³/mol. The van der Waals surface area contributed by atoms with Crippen LogP contribution in [0.4, 0.5) is 10.8 Å². The summed E-state index contributed by atoms with van der Waals surface area (Å²) in [5.74, 6) is -0.975. The molecule has 0 unspecified atom stereocenters. The van der Waals surface area contributed by atoms with Gasteiger partial charge in [-0.1, -0.05) is 77.0 Å². The molecule has 3 amide bonds. The highest BCUT2D eigenvalue weighted by atomic mass is 35.5. The minimum Gasteiger partial charge on any atom is -0.321 e. The van der Waals surface area contributed by atoms with E-state index in [1.807, 2.05) is 24.3 Å². The Morgan fingerprint density at radius 2 is 1.57 bits per heavy atom. The molecule has 0 saturated carbocycles. The van der Waals surface area contributed by atoms with Crippen molar-refractivity contribution in [3.8, 4) is 0 Å². The molecular weight excluding hydrogens is 611 g/mol. The van der Waals surface area contributed by atoms with E-state index in [2.05, 4.69) is 20.9 Å². The van der Waals surface area contributed by atoms with E-state index in [0.29, 0.717) is 27.0 Å². The van der Waals surface area contributed by atoms with Crippen molar-refractivity contribution in [2.75, 3.05) is 16.4 Å². The second-order valence-corrected chi connectivity index (χ2v) is 11.7. The normalized spacial score (nSPS) is 11.2. The van der Waals surface area contributed by atoms with Crippen LogP contribution in [0.25, 0.3) is 16.3 Å². The molecule has 1 aromatic heterocycles. The first-order chi connectivity index (χ1) is 20.4. The third-order valence-electron chi connectivity index (χ3n) is 5.83. The third kappa shape index (κ3) is 7.57. The molecule has 3 N–H and O–H groups in total. The molecule has 0 radical (unpaired) electrons. The summed E-state index contributed by atoms with van der Waals surface area (Å²) in [4.78, 5) is 43.9. The number of aromatic nitrogens is 1. The molecule has 210 valence electrons. The third-order valence-corrected chi connectivity index (χ3v) is 8.63. The largest absolute Gasteiger partial charge is 0.321 e. The molecular formula is C31H22Cl2N4O3S2. The number of halogens is 2. The number of para-hydroxylation sites is 1. The van der Waals surface area contributed by atoms with E-state index in [4.69, 9.17) is 23.2 Å². The first kappa shape index (κ1) is 29.3. The van der Waals surface area contributed by atoms with Crippen molar-refractivity contribution in [1.29, 1.82) is 0 Å². The molecule has 0 aliphatic carbocycles. The number of hydrogen-bond donors (Lipinski definition) is 3. The van der Waals surface area contributed by atoms with E-state index in [-0.39, 0.29) is 22.4 Å². The quantitative estimate of drug-likeness (QED) is 0.114. The van der Waals surface area contributed by atoms with Gasteiger partial charge in [-0.05, 0) is 66.2 Å². The van der Waals surface area contributed by atoms with Crippen molar-refractivity contribution >= 4 is 91.1 Å². The van der Waals surface area contributed by atoms with Gasteiger partial charge in [0.15, 0.2) is 5.13 Å². The average Bonchev–Trinajstić information content (AvgIpc) is 3.41. The second-order valence-electron chi connectivity index (χ2n) is 8.82. The Bertz CT molecular complexity index is 1760. The van der Waals surface area contributed by atoms with Crippen molar-refractivity contribution in [2.45, 2.75) is 4.90 Å². The maximum Gasteiger partial charge on any atom is 0.272 e. The van der Waals surface area contributed by atoms with Crippen molar-refractivity contribution < 1.29 is 14.4 Å². The summed E-state index contributed by atoms with van der Waals surface area (Å²) in [6.07, 6.45) is 1.47. The first-order valence-corrected chi connectivity index (χ1v) is 15.1. The summed E-state index contributed by atoms with van der Waals surface area (Å²) in [5.41, 5.74) is 2.19. The van der Waals surface area contributed by atoms with Crippen molar-refractivity contribution in [3.63, 3.8) is 0 Å². The lowest BCUT2D eigenvalue weighted by Gasteiger charge is -2.12.